The normalized spacial score (nSPS) is 17.1. The van der Waals surface area contributed by atoms with Crippen LogP contribution in [-0.4, -0.2) is 81.0 Å². The molecular weight excluding hydrogens is 578 g/mol. The number of carbonyl (C=O) groups is 5. The van der Waals surface area contributed by atoms with Gasteiger partial charge in [-0.25, -0.2) is 4.79 Å². The van der Waals surface area contributed by atoms with E-state index in [1.807, 2.05) is 24.3 Å². The Morgan fingerprint density at radius 3 is 2.13 bits per heavy atom. The van der Waals surface area contributed by atoms with Gasteiger partial charge in [0.1, 0.15) is 28.9 Å². The molecule has 0 saturated carbocycles. The van der Waals surface area contributed by atoms with E-state index in [4.69, 9.17) is 14.2 Å². The lowest BCUT2D eigenvalue weighted by Crippen LogP contribution is -2.55. The Morgan fingerprint density at radius 2 is 1.51 bits per heavy atom. The number of nitrogens with zero attached hydrogens (tertiary/aromatic N) is 1. The predicted molar refractivity (Wildman–Crippen MR) is 169 cm³/mol. The summed E-state index contributed by atoms with van der Waals surface area (Å²) in [5.41, 5.74) is -1.16. The van der Waals surface area contributed by atoms with Crippen molar-refractivity contribution in [3.05, 3.63) is 36.0 Å². The zero-order valence-corrected chi connectivity index (χ0v) is 28.1. The van der Waals surface area contributed by atoms with Crippen LogP contribution >= 0.6 is 0 Å². The van der Waals surface area contributed by atoms with E-state index in [2.05, 4.69) is 10.3 Å². The SMILES string of the molecule is CC(C)(C)OC(=O)CC[C@H](NC(CC(=O)c1c[nH]c2ccccc12)C(=O)OC(C)(C)C)C(=O)N1CCC[C@H]1C(=O)OC(C)(C)C. The highest BCUT2D eigenvalue weighted by Gasteiger charge is 2.41. The number of Topliss-reactive ketones (excluding diaryl/α,β-unsaturated/α-hetero) is 1. The van der Waals surface area contributed by atoms with Gasteiger partial charge in [0.05, 0.1) is 6.04 Å². The van der Waals surface area contributed by atoms with E-state index in [-0.39, 0.29) is 25.0 Å². The van der Waals surface area contributed by atoms with Crippen LogP contribution in [0.25, 0.3) is 10.9 Å². The summed E-state index contributed by atoms with van der Waals surface area (Å²) < 4.78 is 16.7. The minimum Gasteiger partial charge on any atom is -0.460 e. The number of hydrogen-bond acceptors (Lipinski definition) is 9. The van der Waals surface area contributed by atoms with E-state index in [9.17, 15) is 24.0 Å². The quantitative estimate of drug-likeness (QED) is 0.203. The highest BCUT2D eigenvalue weighted by Crippen LogP contribution is 2.25. The van der Waals surface area contributed by atoms with Crippen LogP contribution in [0.5, 0.6) is 0 Å². The van der Waals surface area contributed by atoms with Gasteiger partial charge in [0.25, 0.3) is 0 Å². The van der Waals surface area contributed by atoms with Gasteiger partial charge in [-0.2, -0.15) is 0 Å². The number of aromatic amines is 1. The van der Waals surface area contributed by atoms with E-state index in [0.717, 1.165) is 5.52 Å². The number of rotatable bonds is 11. The third-order valence-corrected chi connectivity index (χ3v) is 6.94. The molecule has 2 N–H and O–H groups in total. The minimum absolute atomic E-state index is 0.0359. The molecule has 1 saturated heterocycles. The maximum atomic E-state index is 14.1. The number of H-pyrrole nitrogens is 1. The number of para-hydroxylation sites is 1. The minimum atomic E-state index is -1.22. The standard InChI is InChI=1S/C34H49N3O8/c1-32(2,3)43-28(39)17-16-24(29(40)37-18-12-15-26(37)31(42)45-34(7,8)9)36-25(30(41)44-33(4,5)6)19-27(38)22-20-35-23-14-11-10-13-21(22)23/h10-11,13-14,20,24-26,35-36H,12,15-19H2,1-9H3/t24-,25?,26-/m0/s1. The fraction of sp³-hybridized carbons (Fsp3) is 0.618. The number of hydrogen-bond donors (Lipinski definition) is 2. The Balaban J connectivity index is 1.93. The number of ketones is 1. The van der Waals surface area contributed by atoms with Crippen LogP contribution in [-0.2, 0) is 33.4 Å². The second kappa shape index (κ2) is 14.1. The Kier molecular flexibility index (Phi) is 11.2. The highest BCUT2D eigenvalue weighted by molar-refractivity contribution is 6.09. The molecule has 0 bridgehead atoms. The number of likely N-dealkylation sites (tertiary alicyclic amines) is 1. The van der Waals surface area contributed by atoms with Gasteiger partial charge in [-0.1, -0.05) is 18.2 Å². The number of aromatic nitrogens is 1. The molecule has 1 aliphatic heterocycles. The first-order valence-electron chi connectivity index (χ1n) is 15.6. The van der Waals surface area contributed by atoms with E-state index in [1.54, 1.807) is 68.5 Å². The van der Waals surface area contributed by atoms with Crippen molar-refractivity contribution >= 4 is 40.5 Å². The monoisotopic (exact) mass is 627 g/mol. The molecule has 11 nitrogen and oxygen atoms in total. The molecule has 1 aromatic heterocycles. The summed E-state index contributed by atoms with van der Waals surface area (Å²) in [7, 11) is 0. The zero-order chi connectivity index (χ0) is 33.7. The average molecular weight is 628 g/mol. The molecule has 3 rings (SSSR count). The number of esters is 3. The van der Waals surface area contributed by atoms with Crippen LogP contribution in [0.4, 0.5) is 0 Å². The topological polar surface area (TPSA) is 144 Å². The third-order valence-electron chi connectivity index (χ3n) is 6.94. The number of fused-ring (bicyclic) bond motifs is 1. The van der Waals surface area contributed by atoms with Crippen LogP contribution in [0.2, 0.25) is 0 Å². The van der Waals surface area contributed by atoms with Gasteiger partial charge in [-0.3, -0.25) is 24.5 Å². The predicted octanol–water partition coefficient (Wildman–Crippen LogP) is 4.86. The fourth-order valence-electron chi connectivity index (χ4n) is 5.20. The largest absolute Gasteiger partial charge is 0.460 e. The van der Waals surface area contributed by atoms with Crippen LogP contribution in [0.3, 0.4) is 0 Å². The molecule has 0 radical (unpaired) electrons. The Bertz CT molecular complexity index is 1390. The molecule has 1 aromatic carbocycles. The summed E-state index contributed by atoms with van der Waals surface area (Å²) in [4.78, 5) is 71.5. The summed E-state index contributed by atoms with van der Waals surface area (Å²) in [6.07, 6.45) is 2.13. The van der Waals surface area contributed by atoms with E-state index in [1.165, 1.54) is 4.90 Å². The number of nitrogens with one attached hydrogen (secondary N) is 2. The molecule has 2 heterocycles. The number of ether oxygens (including phenoxy) is 3. The van der Waals surface area contributed by atoms with Crippen LogP contribution < -0.4 is 5.32 Å². The lowest BCUT2D eigenvalue weighted by Gasteiger charge is -2.32. The maximum absolute atomic E-state index is 14.1. The molecule has 1 amide bonds. The second-order valence-corrected chi connectivity index (χ2v) is 14.5. The maximum Gasteiger partial charge on any atom is 0.329 e. The Hall–Kier alpha value is -3.73. The van der Waals surface area contributed by atoms with Gasteiger partial charge in [-0.05, 0) is 87.6 Å². The second-order valence-electron chi connectivity index (χ2n) is 14.5. The van der Waals surface area contributed by atoms with Crippen molar-refractivity contribution in [2.24, 2.45) is 0 Å². The molecule has 0 spiro atoms. The number of carbonyl (C=O) groups excluding carboxylic acids is 5. The molecule has 3 atom stereocenters. The van der Waals surface area contributed by atoms with Crippen molar-refractivity contribution < 1.29 is 38.2 Å². The van der Waals surface area contributed by atoms with Crippen molar-refractivity contribution in [2.45, 2.75) is 129 Å². The average Bonchev–Trinajstić information content (AvgIpc) is 3.54. The van der Waals surface area contributed by atoms with Gasteiger partial charge in [0.15, 0.2) is 5.78 Å². The van der Waals surface area contributed by atoms with Crippen molar-refractivity contribution in [1.82, 2.24) is 15.2 Å². The van der Waals surface area contributed by atoms with Crippen LogP contribution in [0.1, 0.15) is 105 Å². The molecule has 1 aliphatic rings. The van der Waals surface area contributed by atoms with Crippen LogP contribution in [0, 0.1) is 0 Å². The van der Waals surface area contributed by atoms with Crippen molar-refractivity contribution in [1.29, 1.82) is 0 Å². The molecule has 45 heavy (non-hydrogen) atoms. The summed E-state index contributed by atoms with van der Waals surface area (Å²) in [6.45, 7) is 16.0. The highest BCUT2D eigenvalue weighted by atomic mass is 16.6. The number of benzene rings is 1. The first-order chi connectivity index (χ1) is 20.7. The van der Waals surface area contributed by atoms with Crippen molar-refractivity contribution in [3.8, 4) is 0 Å². The summed E-state index contributed by atoms with van der Waals surface area (Å²) in [5, 5.41) is 3.77. The number of amides is 1. The smallest absolute Gasteiger partial charge is 0.329 e. The lowest BCUT2D eigenvalue weighted by molar-refractivity contribution is -0.164. The zero-order valence-electron chi connectivity index (χ0n) is 28.1. The first-order valence-corrected chi connectivity index (χ1v) is 15.6. The van der Waals surface area contributed by atoms with Crippen molar-refractivity contribution in [3.63, 3.8) is 0 Å². The summed E-state index contributed by atoms with van der Waals surface area (Å²) >= 11 is 0. The molecule has 11 heteroatoms. The fourth-order valence-corrected chi connectivity index (χ4v) is 5.20. The lowest BCUT2D eigenvalue weighted by atomic mass is 10.0. The van der Waals surface area contributed by atoms with Gasteiger partial charge in [-0.15, -0.1) is 0 Å². The van der Waals surface area contributed by atoms with Gasteiger partial charge in [0, 0.05) is 42.0 Å². The molecule has 1 unspecified atom stereocenters. The molecular formula is C34H49N3O8. The van der Waals surface area contributed by atoms with E-state index in [0.29, 0.717) is 30.3 Å². The van der Waals surface area contributed by atoms with Gasteiger partial charge >= 0.3 is 17.9 Å². The van der Waals surface area contributed by atoms with Crippen molar-refractivity contribution in [2.75, 3.05) is 6.54 Å². The molecule has 0 aliphatic carbocycles. The summed E-state index contributed by atoms with van der Waals surface area (Å²) in [6, 6.07) is 4.19. The summed E-state index contributed by atoms with van der Waals surface area (Å²) in [5.74, 6) is -2.55. The molecule has 2 aromatic rings. The van der Waals surface area contributed by atoms with Gasteiger partial charge in [0.2, 0.25) is 5.91 Å². The van der Waals surface area contributed by atoms with E-state index < -0.39 is 58.7 Å². The van der Waals surface area contributed by atoms with Gasteiger partial charge < -0.3 is 24.1 Å². The molecule has 248 valence electrons. The van der Waals surface area contributed by atoms with E-state index >= 15 is 0 Å². The third kappa shape index (κ3) is 10.7. The van der Waals surface area contributed by atoms with Crippen LogP contribution in [0.15, 0.2) is 30.5 Å². The Labute approximate surface area is 265 Å². The Morgan fingerprint density at radius 1 is 0.889 bits per heavy atom. The molecule has 1 fully saturated rings. The first kappa shape index (κ1) is 35.7.